The van der Waals surface area contributed by atoms with Gasteiger partial charge in [0.1, 0.15) is 16.5 Å². The maximum atomic E-state index is 11.9. The molecule has 0 saturated heterocycles. The van der Waals surface area contributed by atoms with Gasteiger partial charge in [-0.05, 0) is 41.9 Å². The molecule has 0 fully saturated rings. The first kappa shape index (κ1) is 22.2. The van der Waals surface area contributed by atoms with Crippen molar-refractivity contribution in [1.82, 2.24) is 9.97 Å². The zero-order valence-corrected chi connectivity index (χ0v) is 19.5. The molecule has 0 aliphatic rings. The number of halogens is 4. The molecule has 0 bridgehead atoms. The van der Waals surface area contributed by atoms with Crippen LogP contribution >= 0.6 is 46.4 Å². The van der Waals surface area contributed by atoms with Gasteiger partial charge in [0.15, 0.2) is 0 Å². The van der Waals surface area contributed by atoms with Crippen LogP contribution in [-0.2, 0) is 0 Å². The van der Waals surface area contributed by atoms with E-state index in [0.29, 0.717) is 5.75 Å². The highest BCUT2D eigenvalue weighted by Gasteiger charge is 2.39. The van der Waals surface area contributed by atoms with Gasteiger partial charge in [-0.2, -0.15) is 0 Å². The lowest BCUT2D eigenvalue weighted by molar-refractivity contribution is 0.100. The highest BCUT2D eigenvalue weighted by molar-refractivity contribution is 6.74. The first-order chi connectivity index (χ1) is 12.3. The van der Waals surface area contributed by atoms with E-state index in [-0.39, 0.29) is 42.3 Å². The van der Waals surface area contributed by atoms with E-state index in [2.05, 4.69) is 43.8 Å². The molecule has 27 heavy (non-hydrogen) atoms. The van der Waals surface area contributed by atoms with Crippen LogP contribution < -0.4 is 10.2 Å². The van der Waals surface area contributed by atoms with Gasteiger partial charge in [0, 0.05) is 5.56 Å². The van der Waals surface area contributed by atoms with Crippen molar-refractivity contribution in [2.75, 3.05) is 0 Å². The van der Waals surface area contributed by atoms with Gasteiger partial charge in [-0.1, -0.05) is 55.6 Å². The van der Waals surface area contributed by atoms with E-state index < -0.39 is 14.2 Å². The molecule has 0 aliphatic heterocycles. The maximum Gasteiger partial charge on any atom is 0.254 e. The number of carbonyl (C=O) groups excluding carboxylic acids is 1. The molecule has 1 heterocycles. The molecule has 0 saturated carbocycles. The second-order valence-corrected chi connectivity index (χ2v) is 13.7. The van der Waals surface area contributed by atoms with E-state index in [4.69, 9.17) is 56.6 Å². The molecular weight excluding hydrogens is 448 g/mol. The summed E-state index contributed by atoms with van der Waals surface area (Å²) in [5, 5.41) is 0.0514. The molecule has 1 aromatic carbocycles. The molecule has 0 aliphatic carbocycles. The van der Waals surface area contributed by atoms with E-state index in [0.717, 1.165) is 0 Å². The van der Waals surface area contributed by atoms with E-state index in [1.165, 1.54) is 0 Å². The first-order valence-electron chi connectivity index (χ1n) is 7.96. The van der Waals surface area contributed by atoms with Crippen molar-refractivity contribution in [3.05, 3.63) is 38.2 Å². The monoisotopic (exact) mass is 465 g/mol. The quantitative estimate of drug-likeness (QED) is 0.328. The van der Waals surface area contributed by atoms with E-state index in [1.807, 2.05) is 0 Å². The summed E-state index contributed by atoms with van der Waals surface area (Å²) in [7, 11) is -2.18. The zero-order valence-electron chi connectivity index (χ0n) is 15.5. The molecule has 1 amide bonds. The number of benzene rings is 1. The van der Waals surface area contributed by atoms with Crippen LogP contribution in [0.4, 0.5) is 0 Å². The predicted octanol–water partition coefficient (Wildman–Crippen LogP) is 6.24. The average molecular weight is 467 g/mol. The fourth-order valence-corrected chi connectivity index (χ4v) is 4.22. The smallest absolute Gasteiger partial charge is 0.254 e. The van der Waals surface area contributed by atoms with Crippen LogP contribution in [0.5, 0.6) is 5.75 Å². The van der Waals surface area contributed by atoms with Crippen molar-refractivity contribution in [1.29, 1.82) is 0 Å². The Bertz CT molecular complexity index is 914. The Morgan fingerprint density at radius 2 is 1.70 bits per heavy atom. The minimum Gasteiger partial charge on any atom is -0.542 e. The maximum absolute atomic E-state index is 11.9. The highest BCUT2D eigenvalue weighted by Crippen LogP contribution is 2.45. The third-order valence-corrected chi connectivity index (χ3v) is 10.0. The van der Waals surface area contributed by atoms with Gasteiger partial charge in [-0.3, -0.25) is 4.79 Å². The Labute approximate surface area is 179 Å². The number of amides is 1. The molecule has 146 valence electrons. The van der Waals surface area contributed by atoms with Crippen LogP contribution in [0.15, 0.2) is 12.1 Å². The summed E-state index contributed by atoms with van der Waals surface area (Å²) in [6.45, 7) is 10.5. The third-order valence-electron chi connectivity index (χ3n) is 4.55. The fraction of sp³-hybridized carbons (Fsp3) is 0.353. The van der Waals surface area contributed by atoms with Crippen molar-refractivity contribution < 1.29 is 9.22 Å². The highest BCUT2D eigenvalue weighted by atomic mass is 35.5. The van der Waals surface area contributed by atoms with Gasteiger partial charge in [-0.15, -0.1) is 0 Å². The zero-order chi connectivity index (χ0) is 20.7. The normalized spacial score (nSPS) is 12.2. The van der Waals surface area contributed by atoms with Gasteiger partial charge in [0.05, 0.1) is 15.7 Å². The van der Waals surface area contributed by atoms with Crippen LogP contribution in [0.25, 0.3) is 11.3 Å². The van der Waals surface area contributed by atoms with Crippen LogP contribution in [0.1, 0.15) is 31.1 Å². The summed E-state index contributed by atoms with van der Waals surface area (Å²) in [4.78, 5) is 19.8. The number of hydrogen-bond acceptors (Lipinski definition) is 4. The number of nitrogens with zero attached hydrogens (tertiary/aromatic N) is 2. The number of aromatic nitrogens is 2. The number of hydrogen-bond donors (Lipinski definition) is 1. The summed E-state index contributed by atoms with van der Waals surface area (Å²) >= 11 is 24.9. The Morgan fingerprint density at radius 3 is 2.22 bits per heavy atom. The van der Waals surface area contributed by atoms with Crippen molar-refractivity contribution >= 4 is 60.6 Å². The van der Waals surface area contributed by atoms with Crippen molar-refractivity contribution in [3.63, 3.8) is 0 Å². The predicted molar refractivity (Wildman–Crippen MR) is 114 cm³/mol. The molecule has 0 unspecified atom stereocenters. The molecule has 1 aromatic heterocycles. The lowest BCUT2D eigenvalue weighted by Crippen LogP contribution is -2.43. The topological polar surface area (TPSA) is 78.1 Å². The molecule has 0 atom stereocenters. The summed E-state index contributed by atoms with van der Waals surface area (Å²) in [6.07, 6.45) is 0. The number of rotatable bonds is 4. The second kappa shape index (κ2) is 7.76. The van der Waals surface area contributed by atoms with Gasteiger partial charge in [0.2, 0.25) is 5.28 Å². The largest absolute Gasteiger partial charge is 0.542 e. The van der Waals surface area contributed by atoms with Gasteiger partial charge >= 0.3 is 0 Å². The molecule has 0 radical (unpaired) electrons. The Kier molecular flexibility index (Phi) is 6.39. The standard InChI is InChI=1S/C17H19Cl4N3O2Si/c1-17(2,3)27(4,5)26-9-7-6-8(18)10(12(9)19)13-11(15(22)25)14(20)24-16(21)23-13/h6-7H,1-5H3,(H2,22,25). The minimum atomic E-state index is -2.18. The Hall–Kier alpha value is -1.05. The molecule has 2 aromatic rings. The van der Waals surface area contributed by atoms with Gasteiger partial charge in [-0.25, -0.2) is 9.97 Å². The lowest BCUT2D eigenvalue weighted by atomic mass is 10.1. The van der Waals surface area contributed by atoms with Gasteiger partial charge in [0.25, 0.3) is 14.2 Å². The molecule has 5 nitrogen and oxygen atoms in total. The molecular formula is C17H19Cl4N3O2Si. The summed E-state index contributed by atoms with van der Waals surface area (Å²) in [6, 6.07) is 3.29. The lowest BCUT2D eigenvalue weighted by Gasteiger charge is -2.36. The van der Waals surface area contributed by atoms with Crippen LogP contribution in [0.2, 0.25) is 38.6 Å². The van der Waals surface area contributed by atoms with E-state index >= 15 is 0 Å². The third kappa shape index (κ3) is 4.51. The van der Waals surface area contributed by atoms with Crippen LogP contribution in [0, 0.1) is 0 Å². The summed E-state index contributed by atoms with van der Waals surface area (Å²) in [5.41, 5.74) is 5.64. The number of nitrogens with two attached hydrogens (primary N) is 1. The van der Waals surface area contributed by atoms with Crippen LogP contribution in [0.3, 0.4) is 0 Å². The minimum absolute atomic E-state index is 0.0456. The first-order valence-corrected chi connectivity index (χ1v) is 12.4. The Balaban J connectivity index is 2.73. The number of carbonyl (C=O) groups is 1. The number of primary amides is 1. The van der Waals surface area contributed by atoms with Crippen molar-refractivity contribution in [3.8, 4) is 17.0 Å². The Morgan fingerprint density at radius 1 is 1.11 bits per heavy atom. The van der Waals surface area contributed by atoms with Gasteiger partial charge < -0.3 is 10.2 Å². The van der Waals surface area contributed by atoms with Crippen molar-refractivity contribution in [2.24, 2.45) is 5.73 Å². The molecule has 0 spiro atoms. The second-order valence-electron chi connectivity index (χ2n) is 7.47. The van der Waals surface area contributed by atoms with Crippen molar-refractivity contribution in [2.45, 2.75) is 38.9 Å². The summed E-state index contributed by atoms with van der Waals surface area (Å²) < 4.78 is 6.30. The molecule has 2 N–H and O–H groups in total. The van der Waals surface area contributed by atoms with E-state index in [9.17, 15) is 4.79 Å². The molecule has 2 rings (SSSR count). The van der Waals surface area contributed by atoms with E-state index in [1.54, 1.807) is 12.1 Å². The fourth-order valence-electron chi connectivity index (χ4n) is 2.06. The van der Waals surface area contributed by atoms with Crippen LogP contribution in [-0.4, -0.2) is 24.2 Å². The SMILES string of the molecule is CC(C)(C)[Si](C)(C)Oc1ccc(Cl)c(-c2nc(Cl)nc(Cl)c2C(N)=O)c1Cl. The average Bonchev–Trinajstić information content (AvgIpc) is 2.48. The summed E-state index contributed by atoms with van der Waals surface area (Å²) in [5.74, 6) is -0.390. The molecule has 10 heteroatoms.